The number of thiazole rings is 1. The monoisotopic (exact) mass is 626 g/mol. The molecule has 1 saturated carbocycles. The van der Waals surface area contributed by atoms with Gasteiger partial charge in [0.15, 0.2) is 5.67 Å². The number of rotatable bonds is 13. The van der Waals surface area contributed by atoms with Crippen molar-refractivity contribution in [3.8, 4) is 28.5 Å². The summed E-state index contributed by atoms with van der Waals surface area (Å²) in [6, 6.07) is 3.81. The number of hydrogen-bond acceptors (Lipinski definition) is 7. The van der Waals surface area contributed by atoms with Crippen molar-refractivity contribution < 1.29 is 28.6 Å². The zero-order chi connectivity index (χ0) is 32.1. The van der Waals surface area contributed by atoms with Crippen molar-refractivity contribution in [3.05, 3.63) is 35.0 Å². The fraction of sp³-hybridized carbons (Fsp3) is 0.576. The number of alkyl halides is 1. The summed E-state index contributed by atoms with van der Waals surface area (Å²) in [5, 5.41) is 16.0. The first-order valence-electron chi connectivity index (χ1n) is 15.2. The summed E-state index contributed by atoms with van der Waals surface area (Å²) in [4.78, 5) is 46.4. The summed E-state index contributed by atoms with van der Waals surface area (Å²) in [6.07, 6.45) is 8.19. The van der Waals surface area contributed by atoms with Crippen molar-refractivity contribution in [2.45, 2.75) is 103 Å². The normalized spacial score (nSPS) is 19.6. The minimum Gasteiger partial charge on any atom is -0.493 e. The fourth-order valence-corrected chi connectivity index (χ4v) is 6.06. The van der Waals surface area contributed by atoms with Gasteiger partial charge in [-0.25, -0.2) is 9.37 Å². The van der Waals surface area contributed by atoms with Crippen LogP contribution in [0.25, 0.3) is 10.4 Å². The van der Waals surface area contributed by atoms with Gasteiger partial charge in [-0.3, -0.25) is 14.4 Å². The molecular weight excluding hydrogens is 583 g/mol. The molecule has 2 aliphatic rings. The molecule has 44 heavy (non-hydrogen) atoms. The molecule has 3 N–H and O–H groups in total. The number of carbonyl (C=O) groups excluding carboxylic acids is 3. The first-order valence-corrected chi connectivity index (χ1v) is 16.1. The number of aliphatic hydroxyl groups is 1. The average molecular weight is 627 g/mol. The van der Waals surface area contributed by atoms with E-state index in [0.29, 0.717) is 12.4 Å². The molecule has 0 bridgehead atoms. The van der Waals surface area contributed by atoms with E-state index in [9.17, 15) is 23.9 Å². The molecule has 238 valence electrons. The van der Waals surface area contributed by atoms with E-state index in [0.717, 1.165) is 47.4 Å². The van der Waals surface area contributed by atoms with Crippen molar-refractivity contribution in [2.24, 2.45) is 5.41 Å². The molecule has 0 spiro atoms. The van der Waals surface area contributed by atoms with Crippen molar-refractivity contribution in [3.63, 3.8) is 0 Å². The van der Waals surface area contributed by atoms with E-state index in [1.165, 1.54) is 4.90 Å². The van der Waals surface area contributed by atoms with E-state index >= 15 is 0 Å². The van der Waals surface area contributed by atoms with Crippen LogP contribution < -0.4 is 15.4 Å². The summed E-state index contributed by atoms with van der Waals surface area (Å²) in [6.45, 7) is 7.83. The van der Waals surface area contributed by atoms with Gasteiger partial charge in [0, 0.05) is 31.5 Å². The number of likely N-dealkylation sites (tertiary alicyclic amines) is 1. The maximum atomic E-state index is 14.5. The Hall–Kier alpha value is -3.49. The number of nitrogens with one attached hydrogen (secondary N) is 2. The van der Waals surface area contributed by atoms with E-state index in [2.05, 4.69) is 21.5 Å². The summed E-state index contributed by atoms with van der Waals surface area (Å²) in [5.41, 5.74) is 1.75. The first kappa shape index (κ1) is 33.4. The van der Waals surface area contributed by atoms with Gasteiger partial charge in [0.25, 0.3) is 5.91 Å². The molecule has 3 amide bonds. The zero-order valence-corrected chi connectivity index (χ0v) is 26.8. The van der Waals surface area contributed by atoms with E-state index < -0.39 is 47.0 Å². The highest BCUT2D eigenvalue weighted by Crippen LogP contribution is 2.40. The molecule has 2 fully saturated rings. The van der Waals surface area contributed by atoms with Crippen LogP contribution in [-0.4, -0.2) is 69.7 Å². The van der Waals surface area contributed by atoms with Gasteiger partial charge in [-0.15, -0.1) is 23.7 Å². The van der Waals surface area contributed by atoms with Crippen LogP contribution >= 0.6 is 11.3 Å². The third-order valence-electron chi connectivity index (χ3n) is 8.10. The summed E-state index contributed by atoms with van der Waals surface area (Å²) >= 11 is 1.54. The number of β-amino-alcohol motifs (C(OH)–C–C–N with tert-alkyl or cyclic N) is 1. The predicted octanol–water partition coefficient (Wildman–Crippen LogP) is 4.30. The van der Waals surface area contributed by atoms with E-state index in [-0.39, 0.29) is 32.4 Å². The number of halogens is 1. The second-order valence-corrected chi connectivity index (χ2v) is 13.7. The van der Waals surface area contributed by atoms with Gasteiger partial charge in [0.2, 0.25) is 11.8 Å². The van der Waals surface area contributed by atoms with Crippen molar-refractivity contribution >= 4 is 29.1 Å². The minimum absolute atomic E-state index is 0.0556. The standard InChI is InChI=1S/C33H43FN4O5S/c1-6-7-8-9-10-15-43-26-16-22(27-21(2)36-20-44-27)11-12-23(26)18-35-29(40)25-17-24(39)19-38(25)30(41)28(32(3,4)5)37-31(42)33(34)13-14-33/h1,11-12,16,20,24-25,28,39H,7-10,13-15,17-19H2,2-5H3,(H,35,40)(H,37,42)/t24-,25+,28-/m1/s1. The van der Waals surface area contributed by atoms with Crippen LogP contribution in [0.3, 0.4) is 0 Å². The van der Waals surface area contributed by atoms with Gasteiger partial charge in [-0.1, -0.05) is 32.9 Å². The molecule has 0 unspecified atom stereocenters. The lowest BCUT2D eigenvalue weighted by atomic mass is 9.85. The van der Waals surface area contributed by atoms with Crippen LogP contribution in [0, 0.1) is 24.7 Å². The number of nitrogens with zero attached hydrogens (tertiary/aromatic N) is 2. The number of hydrogen-bond donors (Lipinski definition) is 3. The number of aryl methyl sites for hydroxylation is 1. The molecule has 1 aliphatic carbocycles. The van der Waals surface area contributed by atoms with Crippen LogP contribution in [0.5, 0.6) is 5.75 Å². The number of carbonyl (C=O) groups is 3. The number of amides is 3. The lowest BCUT2D eigenvalue weighted by Gasteiger charge is -2.35. The van der Waals surface area contributed by atoms with Gasteiger partial charge in [-0.05, 0) is 56.1 Å². The zero-order valence-electron chi connectivity index (χ0n) is 26.0. The molecule has 2 heterocycles. The largest absolute Gasteiger partial charge is 0.493 e. The smallest absolute Gasteiger partial charge is 0.258 e. The van der Waals surface area contributed by atoms with Crippen LogP contribution in [0.4, 0.5) is 4.39 Å². The SMILES string of the molecule is C#CCCCCCOc1cc(-c2scnc2C)ccc1CNC(=O)[C@@H]1C[C@@H](O)CN1C(=O)[C@@H](NC(=O)C1(F)CC1)C(C)(C)C. The summed E-state index contributed by atoms with van der Waals surface area (Å²) in [7, 11) is 0. The highest BCUT2D eigenvalue weighted by atomic mass is 32.1. The van der Waals surface area contributed by atoms with E-state index in [1.54, 1.807) is 37.6 Å². The Morgan fingerprint density at radius 1 is 1.27 bits per heavy atom. The van der Waals surface area contributed by atoms with Crippen LogP contribution in [0.1, 0.15) is 77.0 Å². The van der Waals surface area contributed by atoms with Gasteiger partial charge in [-0.2, -0.15) is 0 Å². The van der Waals surface area contributed by atoms with Gasteiger partial charge in [0.1, 0.15) is 17.8 Å². The molecule has 2 aromatic rings. The van der Waals surface area contributed by atoms with Crippen molar-refractivity contribution in [1.82, 2.24) is 20.5 Å². The minimum atomic E-state index is -1.94. The lowest BCUT2D eigenvalue weighted by Crippen LogP contribution is -2.59. The first-order chi connectivity index (χ1) is 20.8. The molecule has 11 heteroatoms. The highest BCUT2D eigenvalue weighted by Gasteiger charge is 2.53. The Labute approximate surface area is 263 Å². The van der Waals surface area contributed by atoms with Crippen LogP contribution in [-0.2, 0) is 20.9 Å². The molecule has 1 aromatic heterocycles. The summed E-state index contributed by atoms with van der Waals surface area (Å²) in [5.74, 6) is 1.52. The quantitative estimate of drug-likeness (QED) is 0.225. The Morgan fingerprint density at radius 3 is 2.66 bits per heavy atom. The second kappa shape index (κ2) is 14.1. The number of ether oxygens (including phenoxy) is 1. The number of aliphatic hydroxyl groups excluding tert-OH is 1. The predicted molar refractivity (Wildman–Crippen MR) is 168 cm³/mol. The molecule has 1 aromatic carbocycles. The Kier molecular flexibility index (Phi) is 10.7. The second-order valence-electron chi connectivity index (χ2n) is 12.8. The topological polar surface area (TPSA) is 121 Å². The van der Waals surface area contributed by atoms with Crippen molar-refractivity contribution in [2.75, 3.05) is 13.2 Å². The van der Waals surface area contributed by atoms with Gasteiger partial charge in [0.05, 0.1) is 28.8 Å². The molecule has 1 aliphatic heterocycles. The van der Waals surface area contributed by atoms with Crippen LogP contribution in [0.15, 0.2) is 23.7 Å². The number of aromatic nitrogens is 1. The Balaban J connectivity index is 1.47. The van der Waals surface area contributed by atoms with E-state index in [4.69, 9.17) is 11.2 Å². The Morgan fingerprint density at radius 2 is 2.02 bits per heavy atom. The third-order valence-corrected chi connectivity index (χ3v) is 9.08. The number of benzene rings is 1. The van der Waals surface area contributed by atoms with Crippen LogP contribution in [0.2, 0.25) is 0 Å². The highest BCUT2D eigenvalue weighted by molar-refractivity contribution is 7.13. The number of terminal acetylenes is 1. The average Bonchev–Trinajstić information content (AvgIpc) is 3.38. The lowest BCUT2D eigenvalue weighted by molar-refractivity contribution is -0.145. The van der Waals surface area contributed by atoms with E-state index in [1.807, 2.05) is 25.1 Å². The molecule has 4 rings (SSSR count). The van der Waals surface area contributed by atoms with Crippen molar-refractivity contribution in [1.29, 1.82) is 0 Å². The van der Waals surface area contributed by atoms with Gasteiger partial charge >= 0.3 is 0 Å². The maximum absolute atomic E-state index is 14.5. The fourth-order valence-electron chi connectivity index (χ4n) is 5.26. The van der Waals surface area contributed by atoms with Gasteiger partial charge < -0.3 is 25.4 Å². The molecule has 0 radical (unpaired) electrons. The molecule has 1 saturated heterocycles. The Bertz CT molecular complexity index is 1390. The molecule has 9 nitrogen and oxygen atoms in total. The number of unbranched alkanes of at least 4 members (excludes halogenated alkanes) is 3. The molecule has 3 atom stereocenters. The summed E-state index contributed by atoms with van der Waals surface area (Å²) < 4.78 is 20.6. The third kappa shape index (κ3) is 8.16. The molecular formula is C33H43FN4O5S. The maximum Gasteiger partial charge on any atom is 0.258 e.